The summed E-state index contributed by atoms with van der Waals surface area (Å²) in [6.45, 7) is 0. The number of H-pyrrole nitrogens is 1. The van der Waals surface area contributed by atoms with Crippen LogP contribution in [0.1, 0.15) is 0 Å². The summed E-state index contributed by atoms with van der Waals surface area (Å²) < 4.78 is 0. The summed E-state index contributed by atoms with van der Waals surface area (Å²) in [4.78, 5) is 35.0. The minimum atomic E-state index is -0.892. The van der Waals surface area contributed by atoms with Crippen LogP contribution in [0.15, 0.2) is 47.3 Å². The van der Waals surface area contributed by atoms with E-state index in [1.807, 2.05) is 0 Å². The molecule has 0 atom stereocenters. The van der Waals surface area contributed by atoms with Gasteiger partial charge in [0.05, 0.1) is 26.8 Å². The SMILES string of the molecule is O=c1[nH]c2cc([N+](=O)[O-])cc([N+](=O)[O-])c2c(-c2ccccc2)c1O. The molecule has 3 aromatic rings. The molecule has 2 N–H and O–H groups in total. The van der Waals surface area contributed by atoms with Crippen LogP contribution in [0.2, 0.25) is 0 Å². The Morgan fingerprint density at radius 2 is 1.67 bits per heavy atom. The van der Waals surface area contributed by atoms with Gasteiger partial charge in [-0.25, -0.2) is 0 Å². The van der Waals surface area contributed by atoms with Gasteiger partial charge in [-0.3, -0.25) is 25.0 Å². The normalized spacial score (nSPS) is 10.7. The highest BCUT2D eigenvalue weighted by Gasteiger charge is 2.25. The maximum atomic E-state index is 11.9. The van der Waals surface area contributed by atoms with Crippen molar-refractivity contribution >= 4 is 22.3 Å². The number of fused-ring (bicyclic) bond motifs is 1. The summed E-state index contributed by atoms with van der Waals surface area (Å²) in [6.07, 6.45) is 0. The van der Waals surface area contributed by atoms with Crippen molar-refractivity contribution in [2.45, 2.75) is 0 Å². The molecular weight excluding hydrogens is 318 g/mol. The van der Waals surface area contributed by atoms with Gasteiger partial charge in [-0.1, -0.05) is 30.3 Å². The van der Waals surface area contributed by atoms with Gasteiger partial charge in [-0.2, -0.15) is 0 Å². The van der Waals surface area contributed by atoms with Gasteiger partial charge in [0.2, 0.25) is 0 Å². The van der Waals surface area contributed by atoms with Crippen LogP contribution < -0.4 is 5.56 Å². The summed E-state index contributed by atoms with van der Waals surface area (Å²) in [5.74, 6) is -0.689. The molecule has 1 heterocycles. The smallest absolute Gasteiger partial charge is 0.291 e. The van der Waals surface area contributed by atoms with Gasteiger partial charge < -0.3 is 10.1 Å². The lowest BCUT2D eigenvalue weighted by Gasteiger charge is -2.09. The lowest BCUT2D eigenvalue weighted by atomic mass is 9.98. The first-order valence-corrected chi connectivity index (χ1v) is 6.67. The molecule has 3 rings (SSSR count). The molecule has 0 unspecified atom stereocenters. The summed E-state index contributed by atoms with van der Waals surface area (Å²) >= 11 is 0. The number of nitrogens with one attached hydrogen (secondary N) is 1. The van der Waals surface area contributed by atoms with Gasteiger partial charge in [-0.15, -0.1) is 0 Å². The average Bonchev–Trinajstić information content (AvgIpc) is 2.55. The molecule has 0 spiro atoms. The third-order valence-electron chi connectivity index (χ3n) is 3.52. The summed E-state index contributed by atoms with van der Waals surface area (Å²) in [7, 11) is 0. The Morgan fingerprint density at radius 3 is 2.25 bits per heavy atom. The Balaban J connectivity index is 2.56. The van der Waals surface area contributed by atoms with Crippen LogP contribution in [-0.4, -0.2) is 19.9 Å². The Kier molecular flexibility index (Phi) is 3.45. The zero-order chi connectivity index (χ0) is 17.4. The number of aromatic nitrogens is 1. The molecule has 0 saturated carbocycles. The number of benzene rings is 2. The largest absolute Gasteiger partial charge is 0.503 e. The molecule has 1 aromatic heterocycles. The van der Waals surface area contributed by atoms with E-state index < -0.39 is 32.5 Å². The molecule has 24 heavy (non-hydrogen) atoms. The second-order valence-electron chi connectivity index (χ2n) is 4.95. The molecule has 0 aliphatic heterocycles. The highest BCUT2D eigenvalue weighted by molar-refractivity contribution is 6.04. The van der Waals surface area contributed by atoms with E-state index in [0.717, 1.165) is 12.1 Å². The quantitative estimate of drug-likeness (QED) is 0.560. The third-order valence-corrected chi connectivity index (χ3v) is 3.52. The topological polar surface area (TPSA) is 139 Å². The van der Waals surface area contributed by atoms with Crippen LogP contribution in [-0.2, 0) is 0 Å². The number of nitro groups is 2. The Hall–Kier alpha value is -3.75. The molecule has 0 amide bonds. The standard InChI is InChI=1S/C15H9N3O6/c19-14-12(8-4-2-1-3-5-8)13-10(16-15(14)20)6-9(17(21)22)7-11(13)18(23)24/h1-7,19H,(H,16,20). The zero-order valence-corrected chi connectivity index (χ0v) is 11.9. The van der Waals surface area contributed by atoms with Crippen LogP contribution in [0.4, 0.5) is 11.4 Å². The van der Waals surface area contributed by atoms with Crippen LogP contribution in [0.25, 0.3) is 22.0 Å². The van der Waals surface area contributed by atoms with Gasteiger partial charge in [0.25, 0.3) is 16.9 Å². The van der Waals surface area contributed by atoms with Gasteiger partial charge in [0.1, 0.15) is 0 Å². The highest BCUT2D eigenvalue weighted by Crippen LogP contribution is 2.40. The number of hydrogen-bond donors (Lipinski definition) is 2. The van der Waals surface area contributed by atoms with E-state index in [4.69, 9.17) is 0 Å². The summed E-state index contributed by atoms with van der Waals surface area (Å²) in [6, 6.07) is 9.94. The number of rotatable bonds is 3. The number of hydrogen-bond acceptors (Lipinski definition) is 6. The molecule has 0 bridgehead atoms. The zero-order valence-electron chi connectivity index (χ0n) is 11.9. The van der Waals surface area contributed by atoms with Gasteiger partial charge in [0.15, 0.2) is 5.75 Å². The number of aromatic amines is 1. The fraction of sp³-hybridized carbons (Fsp3) is 0. The van der Waals surface area contributed by atoms with E-state index in [0.29, 0.717) is 5.56 Å². The fourth-order valence-electron chi connectivity index (χ4n) is 2.52. The molecule has 0 radical (unpaired) electrons. The average molecular weight is 327 g/mol. The number of nitrogens with zero attached hydrogens (tertiary/aromatic N) is 2. The molecule has 9 heteroatoms. The van der Waals surface area contributed by atoms with E-state index in [1.54, 1.807) is 30.3 Å². The molecule has 0 aliphatic rings. The minimum absolute atomic E-state index is 0.0454. The molecule has 0 fully saturated rings. The van der Waals surface area contributed by atoms with Crippen molar-refractivity contribution in [1.82, 2.24) is 4.98 Å². The molecule has 0 saturated heterocycles. The van der Waals surface area contributed by atoms with E-state index in [1.165, 1.54) is 0 Å². The predicted octanol–water partition coefficient (Wildman–Crippen LogP) is 2.72. The summed E-state index contributed by atoms with van der Waals surface area (Å²) in [5, 5.41) is 32.4. The number of aromatic hydroxyl groups is 1. The first-order chi connectivity index (χ1) is 11.4. The third kappa shape index (κ3) is 2.33. The number of nitro benzene ring substituents is 2. The van der Waals surface area contributed by atoms with Crippen molar-refractivity contribution in [2.75, 3.05) is 0 Å². The molecule has 120 valence electrons. The van der Waals surface area contributed by atoms with Crippen LogP contribution in [0.5, 0.6) is 5.75 Å². The molecule has 0 aliphatic carbocycles. The van der Waals surface area contributed by atoms with Crippen molar-refractivity contribution in [2.24, 2.45) is 0 Å². The number of non-ortho nitro benzene ring substituents is 2. The first kappa shape index (κ1) is 15.2. The van der Waals surface area contributed by atoms with Crippen LogP contribution in [0.3, 0.4) is 0 Å². The first-order valence-electron chi connectivity index (χ1n) is 6.67. The maximum absolute atomic E-state index is 11.9. The van der Waals surface area contributed by atoms with Crippen molar-refractivity contribution in [3.05, 3.63) is 73.0 Å². The fourth-order valence-corrected chi connectivity index (χ4v) is 2.52. The van der Waals surface area contributed by atoms with Gasteiger partial charge >= 0.3 is 0 Å². The van der Waals surface area contributed by atoms with Crippen molar-refractivity contribution in [3.63, 3.8) is 0 Å². The van der Waals surface area contributed by atoms with E-state index in [-0.39, 0.29) is 16.5 Å². The van der Waals surface area contributed by atoms with Crippen molar-refractivity contribution in [3.8, 4) is 16.9 Å². The van der Waals surface area contributed by atoms with Gasteiger partial charge in [-0.05, 0) is 5.56 Å². The lowest BCUT2D eigenvalue weighted by Crippen LogP contribution is -2.08. The second kappa shape index (κ2) is 5.47. The Bertz CT molecular complexity index is 1040. The Morgan fingerprint density at radius 1 is 1.00 bits per heavy atom. The predicted molar refractivity (Wildman–Crippen MR) is 85.0 cm³/mol. The van der Waals surface area contributed by atoms with Crippen molar-refractivity contribution in [1.29, 1.82) is 0 Å². The molecule has 9 nitrogen and oxygen atoms in total. The summed E-state index contributed by atoms with van der Waals surface area (Å²) in [5.41, 5.74) is -1.77. The van der Waals surface area contributed by atoms with Crippen LogP contribution >= 0.6 is 0 Å². The highest BCUT2D eigenvalue weighted by atomic mass is 16.6. The van der Waals surface area contributed by atoms with Gasteiger partial charge in [0, 0.05) is 11.6 Å². The monoisotopic (exact) mass is 327 g/mol. The lowest BCUT2D eigenvalue weighted by molar-refractivity contribution is -0.393. The second-order valence-corrected chi connectivity index (χ2v) is 4.95. The van der Waals surface area contributed by atoms with E-state index >= 15 is 0 Å². The van der Waals surface area contributed by atoms with E-state index in [9.17, 15) is 30.1 Å². The minimum Gasteiger partial charge on any atom is -0.503 e. The van der Waals surface area contributed by atoms with Crippen molar-refractivity contribution < 1.29 is 15.0 Å². The Labute approximate surface area is 133 Å². The van der Waals surface area contributed by atoms with E-state index in [2.05, 4.69) is 4.98 Å². The molecule has 2 aromatic carbocycles. The number of pyridine rings is 1. The molecular formula is C15H9N3O6. The van der Waals surface area contributed by atoms with Crippen LogP contribution in [0, 0.1) is 20.2 Å². The maximum Gasteiger partial charge on any atom is 0.291 e.